The number of nitrogens with zero attached hydrogens (tertiary/aromatic N) is 1. The Hall–Kier alpha value is -1.65. The first-order valence-electron chi connectivity index (χ1n) is 6.44. The highest BCUT2D eigenvalue weighted by Gasteiger charge is 2.20. The third kappa shape index (κ3) is 3.43. The Labute approximate surface area is 113 Å². The first-order chi connectivity index (χ1) is 9.17. The van der Waals surface area contributed by atoms with Crippen LogP contribution in [0, 0.1) is 0 Å². The Balaban J connectivity index is 1.98. The number of ether oxygens (including phenoxy) is 1. The number of nitrogens with one attached hydrogen (secondary N) is 1. The number of hydrogen-bond donors (Lipinski definition) is 2. The number of pyridine rings is 1. The van der Waals surface area contributed by atoms with Crippen molar-refractivity contribution >= 4 is 10.9 Å². The Morgan fingerprint density at radius 1 is 1.37 bits per heavy atom. The van der Waals surface area contributed by atoms with Crippen molar-refractivity contribution in [2.24, 2.45) is 0 Å². The van der Waals surface area contributed by atoms with Gasteiger partial charge in [-0.2, -0.15) is 0 Å². The van der Waals surface area contributed by atoms with Crippen LogP contribution in [0.3, 0.4) is 0 Å². The average molecular weight is 260 g/mol. The fourth-order valence-electron chi connectivity index (χ4n) is 1.81. The smallest absolute Gasteiger partial charge is 0.121 e. The Morgan fingerprint density at radius 3 is 2.95 bits per heavy atom. The number of rotatable bonds is 6. The monoisotopic (exact) mass is 260 g/mol. The van der Waals surface area contributed by atoms with E-state index in [9.17, 15) is 5.11 Å². The Bertz CT molecular complexity index is 538. The molecular formula is C15H20N2O2. The summed E-state index contributed by atoms with van der Waals surface area (Å²) in [7, 11) is 1.84. The minimum Gasteiger partial charge on any atom is -0.493 e. The number of hydrogen-bond acceptors (Lipinski definition) is 4. The molecule has 0 amide bonds. The van der Waals surface area contributed by atoms with Crippen LogP contribution in [0.5, 0.6) is 5.75 Å². The Kier molecular flexibility index (Phi) is 4.35. The number of fused-ring (bicyclic) bond motifs is 1. The summed E-state index contributed by atoms with van der Waals surface area (Å²) in [4.78, 5) is 4.30. The van der Waals surface area contributed by atoms with E-state index in [-0.39, 0.29) is 12.1 Å². The zero-order valence-electron chi connectivity index (χ0n) is 11.4. The predicted molar refractivity (Wildman–Crippen MR) is 76.4 cm³/mol. The van der Waals surface area contributed by atoms with Crippen LogP contribution < -0.4 is 10.1 Å². The van der Waals surface area contributed by atoms with Crippen LogP contribution in [0.25, 0.3) is 10.9 Å². The second kappa shape index (κ2) is 5.99. The predicted octanol–water partition coefficient (Wildman–Crippen LogP) is 1.97. The van der Waals surface area contributed by atoms with E-state index in [2.05, 4.69) is 10.3 Å². The van der Waals surface area contributed by atoms with Crippen LogP contribution >= 0.6 is 0 Å². The van der Waals surface area contributed by atoms with Crippen molar-refractivity contribution in [3.63, 3.8) is 0 Å². The molecule has 1 atom stereocenters. The van der Waals surface area contributed by atoms with Gasteiger partial charge < -0.3 is 15.2 Å². The molecule has 0 aliphatic heterocycles. The Morgan fingerprint density at radius 2 is 2.21 bits per heavy atom. The van der Waals surface area contributed by atoms with Gasteiger partial charge in [0, 0.05) is 29.6 Å². The van der Waals surface area contributed by atoms with E-state index >= 15 is 0 Å². The highest BCUT2D eigenvalue weighted by molar-refractivity contribution is 5.79. The number of aliphatic hydroxyl groups excluding tert-OH is 1. The van der Waals surface area contributed by atoms with E-state index in [4.69, 9.17) is 4.74 Å². The molecule has 0 aliphatic carbocycles. The van der Waals surface area contributed by atoms with Crippen LogP contribution in [-0.2, 0) is 0 Å². The molecule has 1 aromatic carbocycles. The summed E-state index contributed by atoms with van der Waals surface area (Å²) in [5, 5.41) is 13.5. The molecule has 0 fully saturated rings. The maximum absolute atomic E-state index is 9.30. The molecule has 1 aromatic heterocycles. The molecule has 0 aliphatic rings. The molecule has 0 bridgehead atoms. The van der Waals surface area contributed by atoms with Gasteiger partial charge in [0.25, 0.3) is 0 Å². The minimum atomic E-state index is -0.297. The maximum atomic E-state index is 9.30. The molecule has 19 heavy (non-hydrogen) atoms. The number of benzene rings is 1. The summed E-state index contributed by atoms with van der Waals surface area (Å²) in [5.41, 5.74) is 0.633. The van der Waals surface area contributed by atoms with Crippen molar-refractivity contribution in [1.29, 1.82) is 0 Å². The molecule has 0 spiro atoms. The molecule has 1 unspecified atom stereocenters. The van der Waals surface area contributed by atoms with Gasteiger partial charge in [0.15, 0.2) is 0 Å². The van der Waals surface area contributed by atoms with Gasteiger partial charge in [-0.15, -0.1) is 0 Å². The van der Waals surface area contributed by atoms with Crippen LogP contribution in [0.4, 0.5) is 0 Å². The zero-order valence-corrected chi connectivity index (χ0v) is 11.4. The second-order valence-corrected chi connectivity index (χ2v) is 4.93. The van der Waals surface area contributed by atoms with Crippen molar-refractivity contribution in [2.75, 3.05) is 20.3 Å². The number of aliphatic hydroxyl groups is 1. The van der Waals surface area contributed by atoms with E-state index < -0.39 is 0 Å². The fraction of sp³-hybridized carbons (Fsp3) is 0.400. The molecule has 102 valence electrons. The van der Waals surface area contributed by atoms with Crippen LogP contribution in [0.15, 0.2) is 36.5 Å². The molecule has 4 nitrogen and oxygen atoms in total. The summed E-state index contributed by atoms with van der Waals surface area (Å²) in [6.45, 7) is 2.61. The van der Waals surface area contributed by atoms with E-state index in [0.29, 0.717) is 6.61 Å². The lowest BCUT2D eigenvalue weighted by atomic mass is 10.0. The molecule has 2 N–H and O–H groups in total. The van der Waals surface area contributed by atoms with E-state index in [1.54, 1.807) is 6.20 Å². The summed E-state index contributed by atoms with van der Waals surface area (Å²) < 4.78 is 5.72. The van der Waals surface area contributed by atoms with Crippen LogP contribution in [0.1, 0.15) is 13.3 Å². The lowest BCUT2D eigenvalue weighted by molar-refractivity contribution is 0.151. The first-order valence-corrected chi connectivity index (χ1v) is 6.44. The third-order valence-electron chi connectivity index (χ3n) is 3.45. The molecule has 0 saturated carbocycles. The minimum absolute atomic E-state index is 0.0894. The summed E-state index contributed by atoms with van der Waals surface area (Å²) in [6.07, 6.45) is 2.51. The highest BCUT2D eigenvalue weighted by atomic mass is 16.5. The van der Waals surface area contributed by atoms with Crippen molar-refractivity contribution in [3.8, 4) is 5.75 Å². The molecule has 0 saturated heterocycles. The standard InChI is InChI=1S/C15H20N2O2/c1-15(11-18,16-2)7-9-19-13-6-5-12-4-3-8-17-14(12)10-13/h3-6,8,10,16,18H,7,9,11H2,1-2H3. The average Bonchev–Trinajstić information content (AvgIpc) is 2.47. The van der Waals surface area contributed by atoms with E-state index in [1.165, 1.54) is 0 Å². The van der Waals surface area contributed by atoms with Gasteiger partial charge in [-0.05, 0) is 32.2 Å². The molecule has 4 heteroatoms. The van der Waals surface area contributed by atoms with Crippen LogP contribution in [-0.4, -0.2) is 35.9 Å². The normalized spacial score (nSPS) is 14.3. The van der Waals surface area contributed by atoms with E-state index in [1.807, 2.05) is 44.3 Å². The number of aromatic nitrogens is 1. The topological polar surface area (TPSA) is 54.4 Å². The van der Waals surface area contributed by atoms with Gasteiger partial charge in [-0.25, -0.2) is 0 Å². The molecule has 2 rings (SSSR count). The van der Waals surface area contributed by atoms with Gasteiger partial charge in [0.05, 0.1) is 18.7 Å². The number of likely N-dealkylation sites (N-methyl/N-ethyl adjacent to an activating group) is 1. The van der Waals surface area contributed by atoms with Crippen molar-refractivity contribution in [3.05, 3.63) is 36.5 Å². The summed E-state index contributed by atoms with van der Waals surface area (Å²) >= 11 is 0. The fourth-order valence-corrected chi connectivity index (χ4v) is 1.81. The molecule has 1 heterocycles. The highest BCUT2D eigenvalue weighted by Crippen LogP contribution is 2.19. The molecular weight excluding hydrogens is 240 g/mol. The van der Waals surface area contributed by atoms with Gasteiger partial charge in [-0.3, -0.25) is 4.98 Å². The zero-order chi connectivity index (χ0) is 13.7. The maximum Gasteiger partial charge on any atom is 0.121 e. The largest absolute Gasteiger partial charge is 0.493 e. The van der Waals surface area contributed by atoms with Crippen molar-refractivity contribution < 1.29 is 9.84 Å². The SMILES string of the molecule is CNC(C)(CO)CCOc1ccc2cccnc2c1. The van der Waals surface area contributed by atoms with Crippen molar-refractivity contribution in [1.82, 2.24) is 10.3 Å². The van der Waals surface area contributed by atoms with Gasteiger partial charge in [-0.1, -0.05) is 6.07 Å². The summed E-state index contributed by atoms with van der Waals surface area (Å²) in [6, 6.07) is 9.82. The molecule has 0 radical (unpaired) electrons. The third-order valence-corrected chi connectivity index (χ3v) is 3.45. The van der Waals surface area contributed by atoms with Crippen LogP contribution in [0.2, 0.25) is 0 Å². The second-order valence-electron chi connectivity index (χ2n) is 4.93. The van der Waals surface area contributed by atoms with Gasteiger partial charge in [0.1, 0.15) is 5.75 Å². The lowest BCUT2D eigenvalue weighted by Gasteiger charge is -2.26. The first kappa shape index (κ1) is 13.8. The summed E-state index contributed by atoms with van der Waals surface area (Å²) in [5.74, 6) is 0.808. The van der Waals surface area contributed by atoms with E-state index in [0.717, 1.165) is 23.1 Å². The lowest BCUT2D eigenvalue weighted by Crippen LogP contribution is -2.44. The van der Waals surface area contributed by atoms with Gasteiger partial charge in [0.2, 0.25) is 0 Å². The van der Waals surface area contributed by atoms with Crippen molar-refractivity contribution in [2.45, 2.75) is 18.9 Å². The quantitative estimate of drug-likeness (QED) is 0.834. The van der Waals surface area contributed by atoms with Gasteiger partial charge >= 0.3 is 0 Å². The molecule has 2 aromatic rings.